The van der Waals surface area contributed by atoms with Gasteiger partial charge in [-0.05, 0) is 20.3 Å². The van der Waals surface area contributed by atoms with Gasteiger partial charge in [-0.1, -0.05) is 18.3 Å². The number of rotatable bonds is 3. The molecule has 1 aromatic rings. The van der Waals surface area contributed by atoms with Crippen LogP contribution in [-0.4, -0.2) is 16.5 Å². The Labute approximate surface area is 92.9 Å². The quantitative estimate of drug-likeness (QED) is 0.847. The second kappa shape index (κ2) is 4.61. The fourth-order valence-corrected chi connectivity index (χ4v) is 2.01. The zero-order valence-corrected chi connectivity index (χ0v) is 10.3. The van der Waals surface area contributed by atoms with Gasteiger partial charge in [-0.15, -0.1) is 0 Å². The van der Waals surface area contributed by atoms with E-state index in [2.05, 4.69) is 5.32 Å². The number of amides is 1. The average Bonchev–Trinajstić information content (AvgIpc) is 2.45. The first-order valence-corrected chi connectivity index (χ1v) is 5.76. The maximum atomic E-state index is 11.7. The highest BCUT2D eigenvalue weighted by molar-refractivity contribution is 7.11. The van der Waals surface area contributed by atoms with Crippen molar-refractivity contribution in [1.82, 2.24) is 9.88 Å². The Morgan fingerprint density at radius 2 is 2.20 bits per heavy atom. The molecule has 0 saturated carbocycles. The van der Waals surface area contributed by atoms with Gasteiger partial charge in [-0.2, -0.15) is 0 Å². The van der Waals surface area contributed by atoms with E-state index in [-0.39, 0.29) is 16.8 Å². The molecule has 0 radical (unpaired) electrons. The van der Waals surface area contributed by atoms with Crippen LogP contribution in [0.4, 0.5) is 0 Å². The topological polar surface area (TPSA) is 51.1 Å². The van der Waals surface area contributed by atoms with E-state index >= 15 is 0 Å². The molecule has 1 aromatic heterocycles. The predicted molar refractivity (Wildman–Crippen MR) is 61.5 cm³/mol. The van der Waals surface area contributed by atoms with Crippen molar-refractivity contribution in [2.45, 2.75) is 33.2 Å². The Morgan fingerprint density at radius 3 is 2.60 bits per heavy atom. The molecular formula is C10H16N2O2S. The molecule has 0 saturated heterocycles. The molecule has 84 valence electrons. The predicted octanol–water partition coefficient (Wildman–Crippen LogP) is 1.28. The minimum Gasteiger partial charge on any atom is -0.349 e. The normalized spacial score (nSPS) is 12.5. The Kier molecular flexibility index (Phi) is 3.68. The van der Waals surface area contributed by atoms with E-state index in [1.165, 1.54) is 4.57 Å². The SMILES string of the molecule is CCC(C)NC(=O)c1sc(=O)n(C)c1C. The van der Waals surface area contributed by atoms with Crippen LogP contribution in [0, 0.1) is 6.92 Å². The van der Waals surface area contributed by atoms with Crippen molar-refractivity contribution in [3.8, 4) is 0 Å². The standard InChI is InChI=1S/C10H16N2O2S/c1-5-6(2)11-9(13)8-7(3)12(4)10(14)15-8/h6H,5H2,1-4H3,(H,11,13). The molecule has 1 heterocycles. The molecule has 0 aromatic carbocycles. The summed E-state index contributed by atoms with van der Waals surface area (Å²) in [6, 6.07) is 0.138. The Bertz CT molecular complexity index is 420. The number of carbonyl (C=O) groups excluding carboxylic acids is 1. The van der Waals surface area contributed by atoms with Gasteiger partial charge >= 0.3 is 4.87 Å². The Balaban J connectivity index is 2.92. The number of hydrogen-bond acceptors (Lipinski definition) is 3. The molecule has 0 aliphatic carbocycles. The van der Waals surface area contributed by atoms with E-state index < -0.39 is 0 Å². The molecule has 4 nitrogen and oxygen atoms in total. The molecule has 15 heavy (non-hydrogen) atoms. The summed E-state index contributed by atoms with van der Waals surface area (Å²) in [4.78, 5) is 23.5. The highest BCUT2D eigenvalue weighted by atomic mass is 32.1. The summed E-state index contributed by atoms with van der Waals surface area (Å²) in [6.45, 7) is 5.73. The maximum Gasteiger partial charge on any atom is 0.307 e. The smallest absolute Gasteiger partial charge is 0.307 e. The lowest BCUT2D eigenvalue weighted by Crippen LogP contribution is -2.31. The highest BCUT2D eigenvalue weighted by Gasteiger charge is 2.16. The van der Waals surface area contributed by atoms with Gasteiger partial charge in [0, 0.05) is 18.8 Å². The summed E-state index contributed by atoms with van der Waals surface area (Å²) in [5.74, 6) is -0.149. The van der Waals surface area contributed by atoms with Gasteiger partial charge in [0.15, 0.2) is 0 Å². The van der Waals surface area contributed by atoms with Crippen molar-refractivity contribution in [2.24, 2.45) is 7.05 Å². The largest absolute Gasteiger partial charge is 0.349 e. The first-order valence-electron chi connectivity index (χ1n) is 4.94. The number of hydrogen-bond donors (Lipinski definition) is 1. The van der Waals surface area contributed by atoms with Crippen molar-refractivity contribution in [2.75, 3.05) is 0 Å². The minimum atomic E-state index is -0.149. The van der Waals surface area contributed by atoms with Crippen LogP contribution in [0.1, 0.15) is 35.6 Å². The third-order valence-electron chi connectivity index (χ3n) is 2.49. The highest BCUT2D eigenvalue weighted by Crippen LogP contribution is 2.10. The molecule has 1 amide bonds. The molecule has 1 atom stereocenters. The molecule has 1 N–H and O–H groups in total. The fraction of sp³-hybridized carbons (Fsp3) is 0.600. The van der Waals surface area contributed by atoms with Gasteiger partial charge in [0.2, 0.25) is 0 Å². The first-order chi connectivity index (χ1) is 6.97. The van der Waals surface area contributed by atoms with Crippen LogP contribution in [0.25, 0.3) is 0 Å². The molecule has 0 bridgehead atoms. The van der Waals surface area contributed by atoms with E-state index in [1.807, 2.05) is 13.8 Å². The first kappa shape index (κ1) is 12.0. The number of thiazole rings is 1. The summed E-state index contributed by atoms with van der Waals surface area (Å²) in [7, 11) is 1.67. The number of nitrogens with one attached hydrogen (secondary N) is 1. The maximum absolute atomic E-state index is 11.7. The summed E-state index contributed by atoms with van der Waals surface area (Å²) in [5, 5.41) is 2.85. The van der Waals surface area contributed by atoms with Crippen molar-refractivity contribution < 1.29 is 4.79 Å². The monoisotopic (exact) mass is 228 g/mol. The average molecular weight is 228 g/mol. The molecule has 0 aliphatic rings. The van der Waals surface area contributed by atoms with Crippen LogP contribution in [0.5, 0.6) is 0 Å². The van der Waals surface area contributed by atoms with Crippen LogP contribution in [0.2, 0.25) is 0 Å². The van der Waals surface area contributed by atoms with E-state index in [9.17, 15) is 9.59 Å². The van der Waals surface area contributed by atoms with Gasteiger partial charge in [-0.25, -0.2) is 0 Å². The number of nitrogens with zero attached hydrogens (tertiary/aromatic N) is 1. The molecule has 0 aliphatic heterocycles. The second-order valence-electron chi connectivity index (χ2n) is 3.62. The van der Waals surface area contributed by atoms with Gasteiger partial charge in [0.1, 0.15) is 4.88 Å². The summed E-state index contributed by atoms with van der Waals surface area (Å²) < 4.78 is 1.50. The zero-order valence-electron chi connectivity index (χ0n) is 9.46. The number of carbonyl (C=O) groups is 1. The molecule has 1 unspecified atom stereocenters. The lowest BCUT2D eigenvalue weighted by Gasteiger charge is -2.10. The van der Waals surface area contributed by atoms with E-state index in [0.29, 0.717) is 4.88 Å². The second-order valence-corrected chi connectivity index (χ2v) is 4.59. The van der Waals surface area contributed by atoms with Gasteiger partial charge in [0.25, 0.3) is 5.91 Å². The third-order valence-corrected chi connectivity index (χ3v) is 3.62. The van der Waals surface area contributed by atoms with E-state index in [1.54, 1.807) is 14.0 Å². The number of aromatic nitrogens is 1. The lowest BCUT2D eigenvalue weighted by atomic mass is 10.2. The molecule has 0 spiro atoms. The zero-order chi connectivity index (χ0) is 11.6. The van der Waals surface area contributed by atoms with Crippen LogP contribution in [0.15, 0.2) is 4.79 Å². The lowest BCUT2D eigenvalue weighted by molar-refractivity contribution is 0.0942. The summed E-state index contributed by atoms with van der Waals surface area (Å²) >= 11 is 0.997. The van der Waals surface area contributed by atoms with Gasteiger partial charge in [0.05, 0.1) is 0 Å². The summed E-state index contributed by atoms with van der Waals surface area (Å²) in [5.41, 5.74) is 0.728. The van der Waals surface area contributed by atoms with Crippen LogP contribution in [-0.2, 0) is 7.05 Å². The molecule has 1 rings (SSSR count). The summed E-state index contributed by atoms with van der Waals surface area (Å²) in [6.07, 6.45) is 0.881. The van der Waals surface area contributed by atoms with Crippen LogP contribution >= 0.6 is 11.3 Å². The molecule has 0 fully saturated rings. The Morgan fingerprint density at radius 1 is 1.60 bits per heavy atom. The van der Waals surface area contributed by atoms with Crippen molar-refractivity contribution >= 4 is 17.2 Å². The Hall–Kier alpha value is -1.10. The van der Waals surface area contributed by atoms with E-state index in [0.717, 1.165) is 23.5 Å². The molecule has 5 heteroatoms. The third kappa shape index (κ3) is 2.47. The minimum absolute atomic E-state index is 0.0956. The van der Waals surface area contributed by atoms with Crippen molar-refractivity contribution in [1.29, 1.82) is 0 Å². The van der Waals surface area contributed by atoms with Crippen molar-refractivity contribution in [3.05, 3.63) is 20.2 Å². The van der Waals surface area contributed by atoms with Crippen LogP contribution in [0.3, 0.4) is 0 Å². The van der Waals surface area contributed by atoms with Gasteiger partial charge in [-0.3, -0.25) is 9.59 Å². The van der Waals surface area contributed by atoms with Crippen LogP contribution < -0.4 is 10.2 Å². The van der Waals surface area contributed by atoms with Gasteiger partial charge < -0.3 is 9.88 Å². The fourth-order valence-electron chi connectivity index (χ4n) is 1.12. The van der Waals surface area contributed by atoms with E-state index in [4.69, 9.17) is 0 Å². The molecular weight excluding hydrogens is 212 g/mol. The van der Waals surface area contributed by atoms with Crippen molar-refractivity contribution in [3.63, 3.8) is 0 Å².